The number of hydrogen-bond donors (Lipinski definition) is 3. The Morgan fingerprint density at radius 2 is 1.72 bits per heavy atom. The van der Waals surface area contributed by atoms with Crippen molar-refractivity contribution in [3.05, 3.63) is 71.5 Å². The van der Waals surface area contributed by atoms with Gasteiger partial charge in [-0.3, -0.25) is 4.79 Å². The third kappa shape index (κ3) is 4.56. The number of benzene rings is 2. The lowest BCUT2D eigenvalue weighted by molar-refractivity contribution is -0.00687. The summed E-state index contributed by atoms with van der Waals surface area (Å²) < 4.78 is 13.1. The van der Waals surface area contributed by atoms with Crippen molar-refractivity contribution in [3.8, 4) is 0 Å². The SMILES string of the molecule is CCCNC(=O)N1[C@H](CNC(=O)c2ccc(F)cc2)[C@@H](c2ccccc2)[C@@H]1CO. The van der Waals surface area contributed by atoms with Crippen LogP contribution in [0.25, 0.3) is 0 Å². The molecular weight excluding hydrogens is 373 g/mol. The molecule has 0 bridgehead atoms. The van der Waals surface area contributed by atoms with Crippen molar-refractivity contribution >= 4 is 11.9 Å². The topological polar surface area (TPSA) is 81.7 Å². The van der Waals surface area contributed by atoms with Crippen molar-refractivity contribution in [1.82, 2.24) is 15.5 Å². The average Bonchev–Trinajstić information content (AvgIpc) is 2.72. The van der Waals surface area contributed by atoms with Crippen molar-refractivity contribution in [1.29, 1.82) is 0 Å². The van der Waals surface area contributed by atoms with Crippen LogP contribution in [0.5, 0.6) is 0 Å². The van der Waals surface area contributed by atoms with Crippen molar-refractivity contribution in [2.24, 2.45) is 0 Å². The number of aliphatic hydroxyl groups is 1. The summed E-state index contributed by atoms with van der Waals surface area (Å²) >= 11 is 0. The fraction of sp³-hybridized carbons (Fsp3) is 0.364. The molecular formula is C22H26FN3O3. The molecule has 0 unspecified atom stereocenters. The zero-order chi connectivity index (χ0) is 20.8. The molecule has 3 N–H and O–H groups in total. The van der Waals surface area contributed by atoms with Crippen molar-refractivity contribution in [2.45, 2.75) is 31.3 Å². The number of hydrogen-bond acceptors (Lipinski definition) is 3. The summed E-state index contributed by atoms with van der Waals surface area (Å²) in [4.78, 5) is 26.7. The Labute approximate surface area is 169 Å². The van der Waals surface area contributed by atoms with Crippen LogP contribution >= 0.6 is 0 Å². The van der Waals surface area contributed by atoms with Crippen LogP contribution in [0.3, 0.4) is 0 Å². The van der Waals surface area contributed by atoms with Crippen LogP contribution in [0.1, 0.15) is 35.2 Å². The molecule has 1 aliphatic rings. The van der Waals surface area contributed by atoms with E-state index in [9.17, 15) is 19.1 Å². The van der Waals surface area contributed by atoms with E-state index in [1.807, 2.05) is 37.3 Å². The van der Waals surface area contributed by atoms with E-state index in [0.717, 1.165) is 12.0 Å². The number of likely N-dealkylation sites (tertiary alicyclic amines) is 1. The predicted octanol–water partition coefficient (Wildman–Crippen LogP) is 2.50. The standard InChI is InChI=1S/C22H26FN3O3/c1-2-12-24-22(29)26-18(13-25-21(28)16-8-10-17(23)11-9-16)20(19(26)14-27)15-6-4-3-5-7-15/h3-11,18-20,27H,2,12-14H2,1H3,(H,24,29)(H,25,28)/t18-,19+,20-/m1/s1. The summed E-state index contributed by atoms with van der Waals surface area (Å²) in [6.45, 7) is 2.57. The molecule has 1 fully saturated rings. The van der Waals surface area contributed by atoms with Gasteiger partial charge in [0.05, 0.1) is 18.7 Å². The number of aliphatic hydroxyl groups excluding tert-OH is 1. The third-order valence-electron chi connectivity index (χ3n) is 5.25. The lowest BCUT2D eigenvalue weighted by Crippen LogP contribution is -2.70. The predicted molar refractivity (Wildman–Crippen MR) is 108 cm³/mol. The highest BCUT2D eigenvalue weighted by atomic mass is 19.1. The highest BCUT2D eigenvalue weighted by molar-refractivity contribution is 5.94. The van der Waals surface area contributed by atoms with E-state index in [0.29, 0.717) is 12.1 Å². The van der Waals surface area contributed by atoms with E-state index in [1.165, 1.54) is 24.3 Å². The van der Waals surface area contributed by atoms with Crippen LogP contribution in [0.2, 0.25) is 0 Å². The molecule has 0 saturated carbocycles. The Hall–Kier alpha value is -2.93. The Kier molecular flexibility index (Phi) is 6.82. The van der Waals surface area contributed by atoms with Gasteiger partial charge in [0.25, 0.3) is 5.91 Å². The van der Waals surface area contributed by atoms with Gasteiger partial charge in [0, 0.05) is 24.6 Å². The van der Waals surface area contributed by atoms with Gasteiger partial charge in [-0.05, 0) is 36.2 Å². The Balaban J connectivity index is 1.76. The summed E-state index contributed by atoms with van der Waals surface area (Å²) in [7, 11) is 0. The molecule has 1 heterocycles. The maximum absolute atomic E-state index is 13.1. The van der Waals surface area contributed by atoms with Gasteiger partial charge in [0.2, 0.25) is 0 Å². The molecule has 1 saturated heterocycles. The minimum atomic E-state index is -0.408. The maximum atomic E-state index is 13.1. The molecule has 1 aliphatic heterocycles. The second-order valence-corrected chi connectivity index (χ2v) is 7.11. The first-order valence-corrected chi connectivity index (χ1v) is 9.82. The highest BCUT2D eigenvalue weighted by Crippen LogP contribution is 2.40. The fourth-order valence-corrected chi connectivity index (χ4v) is 3.82. The van der Waals surface area contributed by atoms with Gasteiger partial charge in [-0.25, -0.2) is 9.18 Å². The number of nitrogens with zero attached hydrogens (tertiary/aromatic N) is 1. The molecule has 0 aliphatic carbocycles. The van der Waals surface area contributed by atoms with Crippen molar-refractivity contribution in [2.75, 3.05) is 19.7 Å². The molecule has 7 heteroatoms. The Morgan fingerprint density at radius 1 is 1.03 bits per heavy atom. The summed E-state index contributed by atoms with van der Waals surface area (Å²) in [5, 5.41) is 15.6. The molecule has 2 aromatic rings. The maximum Gasteiger partial charge on any atom is 0.318 e. The molecule has 154 valence electrons. The smallest absolute Gasteiger partial charge is 0.318 e. The third-order valence-corrected chi connectivity index (χ3v) is 5.25. The van der Waals surface area contributed by atoms with Gasteiger partial charge < -0.3 is 20.6 Å². The van der Waals surface area contributed by atoms with Gasteiger partial charge in [-0.2, -0.15) is 0 Å². The minimum Gasteiger partial charge on any atom is -0.394 e. The van der Waals surface area contributed by atoms with E-state index in [1.54, 1.807) is 4.90 Å². The van der Waals surface area contributed by atoms with Gasteiger partial charge in [-0.1, -0.05) is 37.3 Å². The molecule has 0 aromatic heterocycles. The van der Waals surface area contributed by atoms with E-state index in [-0.39, 0.29) is 43.1 Å². The molecule has 3 rings (SSSR count). The van der Waals surface area contributed by atoms with Crippen LogP contribution in [0.15, 0.2) is 54.6 Å². The van der Waals surface area contributed by atoms with Gasteiger partial charge in [-0.15, -0.1) is 0 Å². The number of carbonyl (C=O) groups excluding carboxylic acids is 2. The van der Waals surface area contributed by atoms with Gasteiger partial charge in [0.1, 0.15) is 5.82 Å². The number of carbonyl (C=O) groups is 2. The van der Waals surface area contributed by atoms with Crippen LogP contribution in [0.4, 0.5) is 9.18 Å². The monoisotopic (exact) mass is 399 g/mol. The highest BCUT2D eigenvalue weighted by Gasteiger charge is 2.51. The van der Waals surface area contributed by atoms with Gasteiger partial charge in [0.15, 0.2) is 0 Å². The summed E-state index contributed by atoms with van der Waals surface area (Å²) in [5.41, 5.74) is 1.36. The number of rotatable bonds is 7. The van der Waals surface area contributed by atoms with Gasteiger partial charge >= 0.3 is 6.03 Å². The van der Waals surface area contributed by atoms with E-state index in [2.05, 4.69) is 10.6 Å². The van der Waals surface area contributed by atoms with Crippen molar-refractivity contribution < 1.29 is 19.1 Å². The van der Waals surface area contributed by atoms with E-state index >= 15 is 0 Å². The number of halogens is 1. The first-order valence-electron chi connectivity index (χ1n) is 9.82. The second-order valence-electron chi connectivity index (χ2n) is 7.11. The summed E-state index contributed by atoms with van der Waals surface area (Å²) in [6, 6.07) is 14.1. The Bertz CT molecular complexity index is 829. The first-order chi connectivity index (χ1) is 14.1. The number of amides is 3. The average molecular weight is 399 g/mol. The fourth-order valence-electron chi connectivity index (χ4n) is 3.82. The minimum absolute atomic E-state index is 0.0953. The largest absolute Gasteiger partial charge is 0.394 e. The van der Waals surface area contributed by atoms with E-state index in [4.69, 9.17) is 0 Å². The van der Waals surface area contributed by atoms with Crippen LogP contribution in [0, 0.1) is 5.82 Å². The first kappa shape index (κ1) is 20.8. The van der Waals surface area contributed by atoms with Crippen LogP contribution in [-0.2, 0) is 0 Å². The van der Waals surface area contributed by atoms with Crippen molar-refractivity contribution in [3.63, 3.8) is 0 Å². The zero-order valence-corrected chi connectivity index (χ0v) is 16.3. The summed E-state index contributed by atoms with van der Waals surface area (Å²) in [6.07, 6.45) is 0.803. The Morgan fingerprint density at radius 3 is 2.34 bits per heavy atom. The molecule has 6 nitrogen and oxygen atoms in total. The molecule has 0 radical (unpaired) electrons. The quantitative estimate of drug-likeness (QED) is 0.669. The normalized spacial score (nSPS) is 20.7. The zero-order valence-electron chi connectivity index (χ0n) is 16.3. The molecule has 3 amide bonds. The lowest BCUT2D eigenvalue weighted by atomic mass is 9.75. The molecule has 0 spiro atoms. The molecule has 2 aromatic carbocycles. The molecule has 3 atom stereocenters. The van der Waals surface area contributed by atoms with E-state index < -0.39 is 5.82 Å². The summed E-state index contributed by atoms with van der Waals surface area (Å²) in [5.74, 6) is -0.838. The number of nitrogens with one attached hydrogen (secondary N) is 2. The van der Waals surface area contributed by atoms with Crippen LogP contribution < -0.4 is 10.6 Å². The lowest BCUT2D eigenvalue weighted by Gasteiger charge is -2.54. The molecule has 29 heavy (non-hydrogen) atoms. The second kappa shape index (κ2) is 9.52. The number of urea groups is 1. The van der Waals surface area contributed by atoms with Crippen LogP contribution in [-0.4, -0.2) is 53.7 Å².